The SMILES string of the molecule is O=C(O)COc1cccc(CNC(=O)[C@H]2COc3ccccc32)c1. The van der Waals surface area contributed by atoms with Crippen molar-refractivity contribution >= 4 is 11.9 Å². The second-order valence-corrected chi connectivity index (χ2v) is 5.45. The number of carbonyl (C=O) groups excluding carboxylic acids is 1. The van der Waals surface area contributed by atoms with Crippen molar-refractivity contribution in [3.05, 3.63) is 59.7 Å². The van der Waals surface area contributed by atoms with Crippen LogP contribution < -0.4 is 14.8 Å². The Balaban J connectivity index is 1.59. The van der Waals surface area contributed by atoms with Crippen molar-refractivity contribution in [3.8, 4) is 11.5 Å². The summed E-state index contributed by atoms with van der Waals surface area (Å²) in [6, 6.07) is 14.5. The molecule has 1 atom stereocenters. The second-order valence-electron chi connectivity index (χ2n) is 5.45. The van der Waals surface area contributed by atoms with E-state index in [0.717, 1.165) is 16.9 Å². The van der Waals surface area contributed by atoms with Crippen LogP contribution in [0.25, 0.3) is 0 Å². The summed E-state index contributed by atoms with van der Waals surface area (Å²) in [5.74, 6) is -0.238. The first-order valence-corrected chi connectivity index (χ1v) is 7.56. The number of hydrogen-bond donors (Lipinski definition) is 2. The summed E-state index contributed by atoms with van der Waals surface area (Å²) in [6.07, 6.45) is 0. The summed E-state index contributed by atoms with van der Waals surface area (Å²) in [5, 5.41) is 11.5. The maximum absolute atomic E-state index is 12.4. The Morgan fingerprint density at radius 3 is 2.88 bits per heavy atom. The summed E-state index contributed by atoms with van der Waals surface area (Å²) in [7, 11) is 0. The molecule has 124 valence electrons. The highest BCUT2D eigenvalue weighted by Crippen LogP contribution is 2.33. The molecular weight excluding hydrogens is 310 g/mol. The van der Waals surface area contributed by atoms with Crippen LogP contribution in [0.4, 0.5) is 0 Å². The van der Waals surface area contributed by atoms with Gasteiger partial charge in [0.2, 0.25) is 5.91 Å². The molecule has 1 aliphatic rings. The van der Waals surface area contributed by atoms with Gasteiger partial charge in [-0.25, -0.2) is 4.79 Å². The number of fused-ring (bicyclic) bond motifs is 1. The molecule has 0 fully saturated rings. The molecule has 1 aliphatic heterocycles. The normalized spacial score (nSPS) is 15.2. The molecule has 2 aromatic rings. The molecule has 2 aromatic carbocycles. The number of carboxylic acid groups (broad SMARTS) is 1. The number of para-hydroxylation sites is 1. The van der Waals surface area contributed by atoms with E-state index in [9.17, 15) is 9.59 Å². The van der Waals surface area contributed by atoms with Gasteiger partial charge in [-0.3, -0.25) is 4.79 Å². The fourth-order valence-corrected chi connectivity index (χ4v) is 2.58. The lowest BCUT2D eigenvalue weighted by molar-refractivity contribution is -0.139. The van der Waals surface area contributed by atoms with Crippen LogP contribution in [0.15, 0.2) is 48.5 Å². The first-order chi connectivity index (χ1) is 11.6. The minimum absolute atomic E-state index is 0.100. The van der Waals surface area contributed by atoms with Crippen molar-refractivity contribution in [2.24, 2.45) is 0 Å². The van der Waals surface area contributed by atoms with Gasteiger partial charge in [0.05, 0.1) is 0 Å². The van der Waals surface area contributed by atoms with E-state index in [-0.39, 0.29) is 11.8 Å². The standard InChI is InChI=1S/C18H17NO5/c20-17(21)11-23-13-5-3-4-12(8-13)9-19-18(22)15-10-24-16-7-2-1-6-14(15)16/h1-8,15H,9-11H2,(H,19,22)(H,20,21)/t15-/m0/s1. The first-order valence-electron chi connectivity index (χ1n) is 7.56. The molecule has 6 nitrogen and oxygen atoms in total. The van der Waals surface area contributed by atoms with Crippen LogP contribution >= 0.6 is 0 Å². The van der Waals surface area contributed by atoms with Crippen molar-refractivity contribution < 1.29 is 24.2 Å². The van der Waals surface area contributed by atoms with E-state index in [1.807, 2.05) is 30.3 Å². The molecule has 0 spiro atoms. The third-order valence-electron chi connectivity index (χ3n) is 3.74. The van der Waals surface area contributed by atoms with E-state index >= 15 is 0 Å². The smallest absolute Gasteiger partial charge is 0.341 e. The van der Waals surface area contributed by atoms with Gasteiger partial charge in [0.15, 0.2) is 6.61 Å². The van der Waals surface area contributed by atoms with Gasteiger partial charge in [0, 0.05) is 12.1 Å². The van der Waals surface area contributed by atoms with Crippen molar-refractivity contribution in [2.45, 2.75) is 12.5 Å². The monoisotopic (exact) mass is 327 g/mol. The molecule has 1 heterocycles. The Hall–Kier alpha value is -3.02. The number of hydrogen-bond acceptors (Lipinski definition) is 4. The minimum Gasteiger partial charge on any atom is -0.492 e. The topological polar surface area (TPSA) is 84.9 Å². The van der Waals surface area contributed by atoms with Crippen molar-refractivity contribution in [1.82, 2.24) is 5.32 Å². The number of benzene rings is 2. The number of aliphatic carboxylic acids is 1. The predicted molar refractivity (Wildman–Crippen MR) is 86.1 cm³/mol. The molecule has 0 aliphatic carbocycles. The van der Waals surface area contributed by atoms with E-state index in [4.69, 9.17) is 14.6 Å². The molecule has 2 N–H and O–H groups in total. The maximum atomic E-state index is 12.4. The van der Waals surface area contributed by atoms with Crippen LogP contribution in [0.3, 0.4) is 0 Å². The highest BCUT2D eigenvalue weighted by molar-refractivity contribution is 5.85. The minimum atomic E-state index is -1.03. The summed E-state index contributed by atoms with van der Waals surface area (Å²) in [4.78, 5) is 22.9. The average Bonchev–Trinajstić information content (AvgIpc) is 3.02. The van der Waals surface area contributed by atoms with E-state index < -0.39 is 12.6 Å². The number of nitrogens with one attached hydrogen (secondary N) is 1. The number of carboxylic acids is 1. The molecule has 0 unspecified atom stereocenters. The van der Waals surface area contributed by atoms with Gasteiger partial charge in [-0.15, -0.1) is 0 Å². The highest BCUT2D eigenvalue weighted by atomic mass is 16.5. The third kappa shape index (κ3) is 3.65. The van der Waals surface area contributed by atoms with Gasteiger partial charge in [0.1, 0.15) is 24.0 Å². The second kappa shape index (κ2) is 7.04. The zero-order valence-corrected chi connectivity index (χ0v) is 12.9. The lowest BCUT2D eigenvalue weighted by Gasteiger charge is -2.11. The average molecular weight is 327 g/mol. The number of amides is 1. The van der Waals surface area contributed by atoms with Crippen molar-refractivity contribution in [2.75, 3.05) is 13.2 Å². The zero-order valence-electron chi connectivity index (χ0n) is 12.9. The van der Waals surface area contributed by atoms with Crippen LogP contribution in [-0.2, 0) is 16.1 Å². The molecule has 24 heavy (non-hydrogen) atoms. The molecule has 1 amide bonds. The predicted octanol–water partition coefficient (Wildman–Crippen LogP) is 1.94. The van der Waals surface area contributed by atoms with Gasteiger partial charge in [0.25, 0.3) is 0 Å². The summed E-state index contributed by atoms with van der Waals surface area (Å²) in [6.45, 7) is 0.278. The lowest BCUT2D eigenvalue weighted by atomic mass is 10.0. The number of ether oxygens (including phenoxy) is 2. The molecule has 0 aromatic heterocycles. The van der Waals surface area contributed by atoms with Crippen LogP contribution in [0.1, 0.15) is 17.0 Å². The quantitative estimate of drug-likeness (QED) is 0.847. The van der Waals surface area contributed by atoms with E-state index in [2.05, 4.69) is 5.32 Å². The number of rotatable bonds is 6. The third-order valence-corrected chi connectivity index (χ3v) is 3.74. The Morgan fingerprint density at radius 1 is 1.21 bits per heavy atom. The Morgan fingerprint density at radius 2 is 2.04 bits per heavy atom. The van der Waals surface area contributed by atoms with Gasteiger partial charge in [-0.1, -0.05) is 30.3 Å². The fourth-order valence-electron chi connectivity index (χ4n) is 2.58. The first kappa shape index (κ1) is 15.9. The molecule has 0 saturated carbocycles. The molecule has 6 heteroatoms. The summed E-state index contributed by atoms with van der Waals surface area (Å²) >= 11 is 0. The zero-order chi connectivity index (χ0) is 16.9. The van der Waals surface area contributed by atoms with E-state index in [1.165, 1.54) is 0 Å². The van der Waals surface area contributed by atoms with E-state index in [1.54, 1.807) is 18.2 Å². The van der Waals surface area contributed by atoms with Gasteiger partial charge < -0.3 is 19.9 Å². The molecular formula is C18H17NO5. The van der Waals surface area contributed by atoms with Crippen LogP contribution in [0, 0.1) is 0 Å². The maximum Gasteiger partial charge on any atom is 0.341 e. The van der Waals surface area contributed by atoms with Gasteiger partial charge in [-0.2, -0.15) is 0 Å². The molecule has 0 radical (unpaired) electrons. The summed E-state index contributed by atoms with van der Waals surface area (Å²) < 4.78 is 10.7. The summed E-state index contributed by atoms with van der Waals surface area (Å²) in [5.41, 5.74) is 1.73. The molecule has 0 bridgehead atoms. The molecule has 0 saturated heterocycles. The number of carbonyl (C=O) groups is 2. The van der Waals surface area contributed by atoms with Gasteiger partial charge in [-0.05, 0) is 23.8 Å². The molecule has 3 rings (SSSR count). The Bertz CT molecular complexity index is 759. The lowest BCUT2D eigenvalue weighted by Crippen LogP contribution is -2.29. The van der Waals surface area contributed by atoms with Crippen molar-refractivity contribution in [3.63, 3.8) is 0 Å². The van der Waals surface area contributed by atoms with Crippen LogP contribution in [0.2, 0.25) is 0 Å². The fraction of sp³-hybridized carbons (Fsp3) is 0.222. The van der Waals surface area contributed by atoms with Crippen LogP contribution in [-0.4, -0.2) is 30.2 Å². The highest BCUT2D eigenvalue weighted by Gasteiger charge is 2.29. The largest absolute Gasteiger partial charge is 0.492 e. The van der Waals surface area contributed by atoms with Crippen molar-refractivity contribution in [1.29, 1.82) is 0 Å². The Labute approximate surface area is 139 Å². The van der Waals surface area contributed by atoms with Gasteiger partial charge >= 0.3 is 5.97 Å². The Kier molecular flexibility index (Phi) is 4.65. The van der Waals surface area contributed by atoms with E-state index in [0.29, 0.717) is 18.9 Å². The van der Waals surface area contributed by atoms with Crippen LogP contribution in [0.5, 0.6) is 11.5 Å².